The molecule has 2 aromatic rings. The molecular formula is C14H22BrClN4. The molecule has 0 atom stereocenters. The van der Waals surface area contributed by atoms with Gasteiger partial charge >= 0.3 is 0 Å². The number of nitrogens with zero attached hydrogens (tertiary/aromatic N) is 4. The highest BCUT2D eigenvalue weighted by atomic mass is 79.9. The molecule has 0 spiro atoms. The molecule has 112 valence electrons. The lowest BCUT2D eigenvalue weighted by atomic mass is 10.7. The third kappa shape index (κ3) is 6.73. The van der Waals surface area contributed by atoms with Crippen molar-refractivity contribution in [3.05, 3.63) is 50.6 Å². The molecule has 0 radical (unpaired) electrons. The van der Waals surface area contributed by atoms with E-state index in [1.807, 2.05) is 46.6 Å². The van der Waals surface area contributed by atoms with Crippen molar-refractivity contribution in [3.8, 4) is 0 Å². The van der Waals surface area contributed by atoms with Crippen molar-refractivity contribution in [1.82, 2.24) is 9.13 Å². The van der Waals surface area contributed by atoms with E-state index in [0.717, 1.165) is 13.1 Å². The van der Waals surface area contributed by atoms with Gasteiger partial charge in [-0.15, -0.1) is 0 Å². The summed E-state index contributed by atoms with van der Waals surface area (Å²) in [4.78, 5) is 0. The van der Waals surface area contributed by atoms with Gasteiger partial charge in [0.2, 0.25) is 12.7 Å². The zero-order valence-electron chi connectivity index (χ0n) is 12.0. The molecule has 2 rings (SSSR count). The lowest BCUT2D eigenvalue weighted by molar-refractivity contribution is -0.692. The smallest absolute Gasteiger partial charge is 0.248 e. The van der Waals surface area contributed by atoms with Crippen LogP contribution in [0.5, 0.6) is 0 Å². The molecule has 2 aromatic heterocycles. The van der Waals surface area contributed by atoms with Crippen LogP contribution in [0.15, 0.2) is 50.6 Å². The van der Waals surface area contributed by atoms with Gasteiger partial charge in [0, 0.05) is 0 Å². The van der Waals surface area contributed by atoms with Gasteiger partial charge in [0.1, 0.15) is 24.8 Å². The van der Waals surface area contributed by atoms with Gasteiger partial charge in [0.25, 0.3) is 0 Å². The molecule has 0 aromatic carbocycles. The average molecular weight is 362 g/mol. The molecule has 4 nitrogen and oxygen atoms in total. The van der Waals surface area contributed by atoms with E-state index in [0.29, 0.717) is 0 Å². The van der Waals surface area contributed by atoms with E-state index in [1.54, 1.807) is 12.4 Å². The van der Waals surface area contributed by atoms with E-state index in [4.69, 9.17) is 0 Å². The van der Waals surface area contributed by atoms with Gasteiger partial charge in [-0.1, -0.05) is 13.2 Å². The molecule has 0 N–H and O–H groups in total. The van der Waals surface area contributed by atoms with Crippen LogP contribution in [0.4, 0.5) is 0 Å². The number of rotatable bonds is 4. The van der Waals surface area contributed by atoms with Gasteiger partial charge in [0.05, 0.1) is 25.5 Å². The molecule has 0 saturated heterocycles. The Kier molecular flexibility index (Phi) is 12.1. The quantitative estimate of drug-likeness (QED) is 0.492. The fourth-order valence-electron chi connectivity index (χ4n) is 1.41. The number of aryl methyl sites for hydroxylation is 2. The van der Waals surface area contributed by atoms with Gasteiger partial charge < -0.3 is 29.4 Å². The standard InChI is InChI=1S/2C7H11N2.BrH.ClH/c2*1-3-8-5-6-9(4-2)7-8;;/h2*3,5-7H,1,4H2,2H3;2*1H/q2*+1;;/p-2. The molecule has 2 heterocycles. The Hall–Kier alpha value is -1.33. The summed E-state index contributed by atoms with van der Waals surface area (Å²) in [5.41, 5.74) is 0. The lowest BCUT2D eigenvalue weighted by Crippen LogP contribution is -3.00. The first kappa shape index (κ1) is 21.0. The summed E-state index contributed by atoms with van der Waals surface area (Å²) in [6.07, 6.45) is 15.5. The Bertz CT molecular complexity index is 459. The van der Waals surface area contributed by atoms with Gasteiger partial charge in [-0.25, -0.2) is 18.3 Å². The largest absolute Gasteiger partial charge is 1.00 e. The van der Waals surface area contributed by atoms with Gasteiger partial charge in [-0.3, -0.25) is 0 Å². The van der Waals surface area contributed by atoms with Crippen LogP contribution in [-0.4, -0.2) is 9.13 Å². The van der Waals surface area contributed by atoms with Crippen LogP contribution < -0.4 is 38.5 Å². The predicted octanol–water partition coefficient (Wildman–Crippen LogP) is -4.20. The van der Waals surface area contributed by atoms with E-state index in [1.165, 1.54) is 0 Å². The highest BCUT2D eigenvalue weighted by Gasteiger charge is 1.95. The summed E-state index contributed by atoms with van der Waals surface area (Å²) in [6.45, 7) is 13.5. The molecule has 0 bridgehead atoms. The minimum atomic E-state index is 0. The number of hydrogen-bond acceptors (Lipinski definition) is 0. The second-order valence-electron chi connectivity index (χ2n) is 3.75. The number of halogens is 2. The molecule has 0 fully saturated rings. The third-order valence-electron chi connectivity index (χ3n) is 2.58. The SMILES string of the molecule is C=Cn1cc[n+](CC)c1.C=Cn1cc[n+](CC)c1.[Br-].[Cl-]. The van der Waals surface area contributed by atoms with Gasteiger partial charge in [0.15, 0.2) is 0 Å². The van der Waals surface area contributed by atoms with E-state index < -0.39 is 0 Å². The number of imidazole rings is 2. The number of aromatic nitrogens is 4. The third-order valence-corrected chi connectivity index (χ3v) is 2.58. The van der Waals surface area contributed by atoms with Gasteiger partial charge in [-0.2, -0.15) is 0 Å². The second kappa shape index (κ2) is 11.5. The normalized spacial score (nSPS) is 8.50. The summed E-state index contributed by atoms with van der Waals surface area (Å²) < 4.78 is 8.01. The van der Waals surface area contributed by atoms with Crippen LogP contribution in [-0.2, 0) is 13.1 Å². The molecule has 6 heteroatoms. The maximum absolute atomic E-state index is 3.63. The Balaban J connectivity index is 0. The van der Waals surface area contributed by atoms with E-state index in [-0.39, 0.29) is 29.4 Å². The molecule has 0 aliphatic heterocycles. The van der Waals surface area contributed by atoms with Crippen LogP contribution in [0.25, 0.3) is 12.4 Å². The molecule has 0 saturated carbocycles. The molecule has 0 aliphatic carbocycles. The fourth-order valence-corrected chi connectivity index (χ4v) is 1.41. The highest BCUT2D eigenvalue weighted by Crippen LogP contribution is 1.82. The zero-order valence-corrected chi connectivity index (χ0v) is 14.3. The predicted molar refractivity (Wildman–Crippen MR) is 73.4 cm³/mol. The minimum absolute atomic E-state index is 0. The molecule has 0 aliphatic rings. The topological polar surface area (TPSA) is 17.6 Å². The maximum Gasteiger partial charge on any atom is 0.248 e. The Morgan fingerprint density at radius 1 is 0.900 bits per heavy atom. The number of hydrogen-bond donors (Lipinski definition) is 0. The summed E-state index contributed by atoms with van der Waals surface area (Å²) in [6, 6.07) is 0. The average Bonchev–Trinajstić information content (AvgIpc) is 3.07. The van der Waals surface area contributed by atoms with Crippen LogP contribution >= 0.6 is 0 Å². The van der Waals surface area contributed by atoms with Crippen molar-refractivity contribution < 1.29 is 38.5 Å². The van der Waals surface area contributed by atoms with Crippen molar-refractivity contribution in [2.45, 2.75) is 26.9 Å². The monoisotopic (exact) mass is 360 g/mol. The lowest BCUT2D eigenvalue weighted by Gasteiger charge is -1.81. The van der Waals surface area contributed by atoms with Crippen LogP contribution in [0, 0.1) is 0 Å². The van der Waals surface area contributed by atoms with E-state index in [9.17, 15) is 0 Å². The first-order valence-electron chi connectivity index (χ1n) is 6.11. The highest BCUT2D eigenvalue weighted by molar-refractivity contribution is 5.13. The zero-order chi connectivity index (χ0) is 13.4. The Morgan fingerprint density at radius 3 is 1.40 bits per heavy atom. The summed E-state index contributed by atoms with van der Waals surface area (Å²) in [5, 5.41) is 0. The fraction of sp³-hybridized carbons (Fsp3) is 0.286. The molecule has 0 amide bonds. The van der Waals surface area contributed by atoms with Crippen molar-refractivity contribution in [3.63, 3.8) is 0 Å². The van der Waals surface area contributed by atoms with Crippen LogP contribution in [0.3, 0.4) is 0 Å². The first-order chi connectivity index (χ1) is 8.73. The Labute approximate surface area is 137 Å². The molecule has 20 heavy (non-hydrogen) atoms. The van der Waals surface area contributed by atoms with Crippen molar-refractivity contribution in [2.24, 2.45) is 0 Å². The minimum Gasteiger partial charge on any atom is -1.00 e. The summed E-state index contributed by atoms with van der Waals surface area (Å²) in [7, 11) is 0. The summed E-state index contributed by atoms with van der Waals surface area (Å²) in [5.74, 6) is 0. The van der Waals surface area contributed by atoms with Crippen LogP contribution in [0.1, 0.15) is 13.8 Å². The van der Waals surface area contributed by atoms with Crippen molar-refractivity contribution in [2.75, 3.05) is 0 Å². The summed E-state index contributed by atoms with van der Waals surface area (Å²) >= 11 is 0. The molecule has 0 unspecified atom stereocenters. The van der Waals surface area contributed by atoms with E-state index in [2.05, 4.69) is 36.1 Å². The van der Waals surface area contributed by atoms with Crippen molar-refractivity contribution >= 4 is 12.4 Å². The second-order valence-corrected chi connectivity index (χ2v) is 3.75. The first-order valence-corrected chi connectivity index (χ1v) is 6.11. The maximum atomic E-state index is 3.63. The van der Waals surface area contributed by atoms with E-state index >= 15 is 0 Å². The molecular weight excluding hydrogens is 340 g/mol. The van der Waals surface area contributed by atoms with Gasteiger partial charge in [-0.05, 0) is 13.8 Å². The van der Waals surface area contributed by atoms with Crippen LogP contribution in [0.2, 0.25) is 0 Å². The Morgan fingerprint density at radius 2 is 1.25 bits per heavy atom. The van der Waals surface area contributed by atoms with Crippen molar-refractivity contribution in [1.29, 1.82) is 0 Å².